The van der Waals surface area contributed by atoms with Gasteiger partial charge in [-0.05, 0) is 112 Å². The molecule has 4 aliphatic rings. The van der Waals surface area contributed by atoms with Crippen LogP contribution in [0.4, 0.5) is 5.69 Å². The molecule has 2 heterocycles. The third-order valence-electron chi connectivity index (χ3n) is 10.6. The molecule has 2 nitrogen and oxygen atoms in total. The van der Waals surface area contributed by atoms with E-state index >= 15 is 0 Å². The minimum atomic E-state index is 0.480. The van der Waals surface area contributed by atoms with Crippen molar-refractivity contribution in [3.63, 3.8) is 0 Å². The van der Waals surface area contributed by atoms with Crippen molar-refractivity contribution < 1.29 is 4.42 Å². The summed E-state index contributed by atoms with van der Waals surface area (Å²) >= 11 is 1.95. The summed E-state index contributed by atoms with van der Waals surface area (Å²) < 4.78 is 6.55. The first-order valence-corrected chi connectivity index (χ1v) is 18.3. The summed E-state index contributed by atoms with van der Waals surface area (Å²) in [5.41, 5.74) is 13.6. The van der Waals surface area contributed by atoms with Crippen LogP contribution in [0.15, 0.2) is 148 Å². The van der Waals surface area contributed by atoms with Gasteiger partial charge in [-0.25, -0.2) is 0 Å². The molecule has 0 amide bonds. The molecule has 5 aromatic carbocycles. The maximum absolute atomic E-state index is 6.55. The number of nitrogens with one attached hydrogen (secondary N) is 1. The number of hydrogen-bond acceptors (Lipinski definition) is 3. The lowest BCUT2D eigenvalue weighted by Gasteiger charge is -2.19. The Kier molecular flexibility index (Phi) is 6.87. The summed E-state index contributed by atoms with van der Waals surface area (Å²) in [6.45, 7) is 0. The lowest BCUT2D eigenvalue weighted by Crippen LogP contribution is -2.29. The molecule has 3 aliphatic carbocycles. The van der Waals surface area contributed by atoms with Crippen LogP contribution >= 0.6 is 11.8 Å². The van der Waals surface area contributed by atoms with E-state index in [1.807, 2.05) is 11.8 Å². The Bertz CT molecular complexity index is 2570. The highest BCUT2D eigenvalue weighted by molar-refractivity contribution is 8.03. The lowest BCUT2D eigenvalue weighted by atomic mass is 9.87. The van der Waals surface area contributed by atoms with Crippen molar-refractivity contribution in [3.8, 4) is 0 Å². The van der Waals surface area contributed by atoms with Crippen LogP contribution in [0, 0.1) is 0 Å². The van der Waals surface area contributed by atoms with Gasteiger partial charge in [-0.1, -0.05) is 121 Å². The van der Waals surface area contributed by atoms with Gasteiger partial charge in [0.1, 0.15) is 11.0 Å². The van der Waals surface area contributed by atoms with Gasteiger partial charge >= 0.3 is 0 Å². The van der Waals surface area contributed by atoms with Crippen LogP contribution in [0.25, 0.3) is 50.2 Å². The molecule has 236 valence electrons. The first-order chi connectivity index (χ1) is 24.3. The molecule has 0 radical (unpaired) electrons. The fraction of sp³-hybridized carbons (Fsp3) is 0.130. The van der Waals surface area contributed by atoms with Crippen molar-refractivity contribution in [1.82, 2.24) is 0 Å². The van der Waals surface area contributed by atoms with E-state index in [-0.39, 0.29) is 0 Å². The molecule has 6 aromatic rings. The first-order valence-electron chi connectivity index (χ1n) is 17.5. The third-order valence-corrected chi connectivity index (χ3v) is 11.9. The maximum atomic E-state index is 6.55. The van der Waals surface area contributed by atoms with Crippen molar-refractivity contribution in [3.05, 3.63) is 171 Å². The van der Waals surface area contributed by atoms with Crippen molar-refractivity contribution in [2.75, 3.05) is 5.32 Å². The Morgan fingerprint density at radius 2 is 1.55 bits per heavy atom. The number of anilines is 1. The molecule has 1 aromatic heterocycles. The van der Waals surface area contributed by atoms with Gasteiger partial charge in [-0.15, -0.1) is 0 Å². The van der Waals surface area contributed by atoms with E-state index in [0.29, 0.717) is 5.92 Å². The maximum Gasteiger partial charge on any atom is 0.136 e. The highest BCUT2D eigenvalue weighted by Gasteiger charge is 2.31. The molecule has 0 saturated heterocycles. The molecule has 0 fully saturated rings. The monoisotopic (exact) mass is 649 g/mol. The van der Waals surface area contributed by atoms with Gasteiger partial charge < -0.3 is 9.73 Å². The molecule has 0 saturated carbocycles. The van der Waals surface area contributed by atoms with Crippen LogP contribution in [-0.2, 0) is 0 Å². The van der Waals surface area contributed by atoms with Crippen LogP contribution in [0.3, 0.4) is 0 Å². The summed E-state index contributed by atoms with van der Waals surface area (Å²) in [7, 11) is 0. The van der Waals surface area contributed by atoms with E-state index in [1.54, 1.807) is 0 Å². The zero-order chi connectivity index (χ0) is 32.3. The Morgan fingerprint density at radius 3 is 2.51 bits per heavy atom. The van der Waals surface area contributed by atoms with E-state index < -0.39 is 0 Å². The fourth-order valence-electron chi connectivity index (χ4n) is 8.27. The average Bonchev–Trinajstić information content (AvgIpc) is 3.74. The molecule has 0 spiro atoms. The van der Waals surface area contributed by atoms with Crippen LogP contribution < -0.4 is 16.0 Å². The van der Waals surface area contributed by atoms with Gasteiger partial charge in [0.25, 0.3) is 0 Å². The van der Waals surface area contributed by atoms with E-state index in [0.717, 1.165) is 48.8 Å². The second kappa shape index (κ2) is 11.7. The molecule has 3 heteroatoms. The zero-order valence-corrected chi connectivity index (χ0v) is 28.0. The molecular weight excluding hydrogens is 615 g/mol. The largest absolute Gasteiger partial charge is 0.456 e. The summed E-state index contributed by atoms with van der Waals surface area (Å²) in [4.78, 5) is 2.89. The molecule has 10 rings (SSSR count). The predicted octanol–water partition coefficient (Wildman–Crippen LogP) is 11.2. The standard InChI is InChI=1S/C46H35NOS/c1-2-14-34-29(10-1)11-6-16-35(34)31-12-5-13-32(28-31)36-17-8-21-41-44(36)45-40(20-9-22-42(45)48-41)47-33-26-24-30(25-27-33)37-18-7-19-39-38-15-3-4-23-43(38)49-46(37)39/h1-4,6-8,10-12,14-18,21-28,39,47H,5,9,13,19-20H2. The van der Waals surface area contributed by atoms with Gasteiger partial charge in [-0.3, -0.25) is 0 Å². The van der Waals surface area contributed by atoms with Gasteiger partial charge in [0.15, 0.2) is 0 Å². The van der Waals surface area contributed by atoms with Crippen molar-refractivity contribution in [1.29, 1.82) is 0 Å². The summed E-state index contributed by atoms with van der Waals surface area (Å²) in [6.07, 6.45) is 16.8. The second-order valence-corrected chi connectivity index (χ2v) is 14.5. The molecule has 0 bridgehead atoms. The SMILES string of the molecule is C1=CC(c2ccc(NC3=c4c(oc5cccc(C6=CC(c7cccc8ccccc78)=CCC6)c45)=CCC3)cc2)=C2Sc3ccccc3C2C1. The van der Waals surface area contributed by atoms with E-state index in [4.69, 9.17) is 4.42 Å². The number of benzene rings is 5. The van der Waals surface area contributed by atoms with Crippen LogP contribution in [0.5, 0.6) is 0 Å². The van der Waals surface area contributed by atoms with E-state index in [9.17, 15) is 0 Å². The van der Waals surface area contributed by atoms with Gasteiger partial charge in [0, 0.05) is 37.7 Å². The van der Waals surface area contributed by atoms with E-state index in [1.165, 1.54) is 75.8 Å². The third kappa shape index (κ3) is 4.87. The number of thioether (sulfide) groups is 1. The second-order valence-electron chi connectivity index (χ2n) is 13.4. The van der Waals surface area contributed by atoms with Gasteiger partial charge in [0.05, 0.1) is 0 Å². The molecule has 1 aliphatic heterocycles. The lowest BCUT2D eigenvalue weighted by molar-refractivity contribution is 0.571. The molecule has 1 unspecified atom stereocenters. The summed E-state index contributed by atoms with van der Waals surface area (Å²) in [5, 5.41) is 8.88. The Morgan fingerprint density at radius 1 is 0.735 bits per heavy atom. The number of hydrogen-bond donors (Lipinski definition) is 1. The smallest absolute Gasteiger partial charge is 0.136 e. The first kappa shape index (κ1) is 28.7. The van der Waals surface area contributed by atoms with Gasteiger partial charge in [-0.2, -0.15) is 0 Å². The van der Waals surface area contributed by atoms with Crippen molar-refractivity contribution >= 4 is 67.7 Å². The highest BCUT2D eigenvalue weighted by atomic mass is 32.2. The molecule has 1 atom stereocenters. The number of furan rings is 1. The molecule has 49 heavy (non-hydrogen) atoms. The van der Waals surface area contributed by atoms with Crippen LogP contribution in [0.2, 0.25) is 0 Å². The average molecular weight is 650 g/mol. The van der Waals surface area contributed by atoms with Gasteiger partial charge in [0.2, 0.25) is 0 Å². The number of fused-ring (bicyclic) bond motifs is 7. The highest BCUT2D eigenvalue weighted by Crippen LogP contribution is 2.54. The summed E-state index contributed by atoms with van der Waals surface area (Å²) in [6, 6.07) is 39.8. The number of rotatable bonds is 5. The fourth-order valence-corrected chi connectivity index (χ4v) is 9.65. The normalized spacial score (nSPS) is 18.1. The van der Waals surface area contributed by atoms with Crippen LogP contribution in [-0.4, -0.2) is 0 Å². The topological polar surface area (TPSA) is 25.2 Å². The van der Waals surface area contributed by atoms with E-state index in [2.05, 4.69) is 145 Å². The molecule has 1 N–H and O–H groups in total. The number of allylic oxidation sites excluding steroid dienone is 8. The van der Waals surface area contributed by atoms with Crippen LogP contribution in [0.1, 0.15) is 60.3 Å². The minimum Gasteiger partial charge on any atom is -0.456 e. The quantitative estimate of drug-likeness (QED) is 0.201. The Balaban J connectivity index is 1.02. The van der Waals surface area contributed by atoms with Crippen molar-refractivity contribution in [2.24, 2.45) is 0 Å². The van der Waals surface area contributed by atoms with Crippen molar-refractivity contribution in [2.45, 2.75) is 42.9 Å². The Labute approximate surface area is 290 Å². The summed E-state index contributed by atoms with van der Waals surface area (Å²) in [5.74, 6) is 0.480. The predicted molar refractivity (Wildman–Crippen MR) is 207 cm³/mol. The zero-order valence-electron chi connectivity index (χ0n) is 27.2. The minimum absolute atomic E-state index is 0.480. The molecular formula is C46H35NOS. The Hall–Kier alpha value is -5.25.